The Kier molecular flexibility index (Phi) is 6.36. The van der Waals surface area contributed by atoms with E-state index in [4.69, 9.17) is 5.11 Å². The molecule has 1 unspecified atom stereocenters. The summed E-state index contributed by atoms with van der Waals surface area (Å²) >= 11 is 3.53. The van der Waals surface area contributed by atoms with Gasteiger partial charge in [-0.15, -0.1) is 0 Å². The summed E-state index contributed by atoms with van der Waals surface area (Å²) in [4.78, 5) is 12.8. The van der Waals surface area contributed by atoms with Crippen molar-refractivity contribution < 1.29 is 9.90 Å². The van der Waals surface area contributed by atoms with Crippen LogP contribution in [0.4, 0.5) is 0 Å². The third kappa shape index (κ3) is 5.65. The summed E-state index contributed by atoms with van der Waals surface area (Å²) in [7, 11) is 2.04. The Labute approximate surface area is 117 Å². The molecule has 0 fully saturated rings. The van der Waals surface area contributed by atoms with Crippen molar-refractivity contribution in [1.82, 2.24) is 4.90 Å². The average Bonchev–Trinajstić information content (AvgIpc) is 2.26. The summed E-state index contributed by atoms with van der Waals surface area (Å²) in [6.45, 7) is 3.73. The number of carboxylic acid groups (broad SMARTS) is 1. The van der Waals surface area contributed by atoms with Gasteiger partial charge in [0.15, 0.2) is 0 Å². The molecule has 18 heavy (non-hydrogen) atoms. The molecule has 1 N–H and O–H groups in total. The van der Waals surface area contributed by atoms with Crippen LogP contribution in [-0.4, -0.2) is 36.1 Å². The van der Waals surface area contributed by atoms with Crippen molar-refractivity contribution in [3.05, 3.63) is 34.3 Å². The van der Waals surface area contributed by atoms with Crippen molar-refractivity contribution in [3.8, 4) is 0 Å². The van der Waals surface area contributed by atoms with E-state index in [1.165, 1.54) is 5.56 Å². The minimum atomic E-state index is -0.721. The van der Waals surface area contributed by atoms with Gasteiger partial charge in [-0.25, -0.2) is 0 Å². The van der Waals surface area contributed by atoms with Crippen LogP contribution in [0, 0.1) is 5.92 Å². The molecule has 0 spiro atoms. The first-order valence-corrected chi connectivity index (χ1v) is 6.92. The maximum absolute atomic E-state index is 10.6. The number of halogens is 1. The lowest BCUT2D eigenvalue weighted by atomic mass is 10.1. The predicted octanol–water partition coefficient (Wildman–Crippen LogP) is 3.03. The Bertz CT molecular complexity index is 395. The molecule has 4 heteroatoms. The summed E-state index contributed by atoms with van der Waals surface area (Å²) < 4.78 is 1.14. The Morgan fingerprint density at radius 2 is 2.11 bits per heavy atom. The van der Waals surface area contributed by atoms with Gasteiger partial charge in [0.25, 0.3) is 0 Å². The Hall–Kier alpha value is -0.870. The number of likely N-dealkylation sites (N-methyl/N-ethyl adjacent to an activating group) is 1. The zero-order valence-electron chi connectivity index (χ0n) is 10.9. The minimum Gasteiger partial charge on any atom is -0.481 e. The summed E-state index contributed by atoms with van der Waals surface area (Å²) in [5, 5.41) is 8.72. The van der Waals surface area contributed by atoms with Crippen LogP contribution in [0.1, 0.15) is 18.9 Å². The van der Waals surface area contributed by atoms with E-state index in [-0.39, 0.29) is 12.3 Å². The molecule has 0 heterocycles. The zero-order chi connectivity index (χ0) is 13.5. The second-order valence-corrected chi connectivity index (χ2v) is 5.66. The molecule has 0 aromatic heterocycles. The highest BCUT2D eigenvalue weighted by Gasteiger charge is 2.10. The molecule has 1 atom stereocenters. The topological polar surface area (TPSA) is 40.5 Å². The van der Waals surface area contributed by atoms with E-state index in [0.717, 1.165) is 24.0 Å². The van der Waals surface area contributed by atoms with Crippen LogP contribution in [0.15, 0.2) is 28.7 Å². The van der Waals surface area contributed by atoms with Crippen LogP contribution in [0.3, 0.4) is 0 Å². The quantitative estimate of drug-likeness (QED) is 0.841. The first kappa shape index (κ1) is 15.2. The zero-order valence-corrected chi connectivity index (χ0v) is 12.5. The molecule has 0 aliphatic heterocycles. The van der Waals surface area contributed by atoms with Crippen LogP contribution in [0.5, 0.6) is 0 Å². The fourth-order valence-electron chi connectivity index (χ4n) is 2.00. The monoisotopic (exact) mass is 313 g/mol. The van der Waals surface area contributed by atoms with Crippen molar-refractivity contribution >= 4 is 21.9 Å². The number of hydrogen-bond donors (Lipinski definition) is 1. The van der Waals surface area contributed by atoms with Gasteiger partial charge < -0.3 is 10.0 Å². The number of carbonyl (C=O) groups is 1. The van der Waals surface area contributed by atoms with E-state index in [1.54, 1.807) is 0 Å². The average molecular weight is 314 g/mol. The van der Waals surface area contributed by atoms with E-state index < -0.39 is 5.97 Å². The van der Waals surface area contributed by atoms with E-state index >= 15 is 0 Å². The molecule has 3 nitrogen and oxygen atoms in total. The molecule has 1 aromatic rings. The predicted molar refractivity (Wildman–Crippen MR) is 76.8 cm³/mol. The van der Waals surface area contributed by atoms with Gasteiger partial charge in [0, 0.05) is 24.0 Å². The van der Waals surface area contributed by atoms with E-state index in [0.29, 0.717) is 0 Å². The fourth-order valence-corrected chi connectivity index (χ4v) is 2.48. The van der Waals surface area contributed by atoms with E-state index in [2.05, 4.69) is 26.9 Å². The maximum atomic E-state index is 10.6. The SMILES string of the molecule is CC(CC(=O)O)CN(C)CCc1ccccc1Br. The molecular weight excluding hydrogens is 294 g/mol. The summed E-state index contributed by atoms with van der Waals surface area (Å²) in [5.41, 5.74) is 1.29. The third-order valence-corrected chi connectivity index (χ3v) is 3.64. The van der Waals surface area contributed by atoms with Crippen LogP contribution < -0.4 is 0 Å². The normalized spacial score (nSPS) is 12.7. The number of hydrogen-bond acceptors (Lipinski definition) is 2. The molecular formula is C14H20BrNO2. The number of carboxylic acids is 1. The lowest BCUT2D eigenvalue weighted by Crippen LogP contribution is -2.27. The molecule has 1 rings (SSSR count). The second-order valence-electron chi connectivity index (χ2n) is 4.81. The van der Waals surface area contributed by atoms with Crippen molar-refractivity contribution in [2.24, 2.45) is 5.92 Å². The van der Waals surface area contributed by atoms with Crippen LogP contribution in [0.25, 0.3) is 0 Å². The van der Waals surface area contributed by atoms with E-state index in [9.17, 15) is 4.79 Å². The maximum Gasteiger partial charge on any atom is 0.303 e. The molecule has 1 aromatic carbocycles. The Morgan fingerprint density at radius 1 is 1.44 bits per heavy atom. The largest absolute Gasteiger partial charge is 0.481 e. The van der Waals surface area contributed by atoms with Gasteiger partial charge >= 0.3 is 5.97 Å². The molecule has 0 aliphatic rings. The number of aliphatic carboxylic acids is 1. The first-order valence-electron chi connectivity index (χ1n) is 6.12. The highest BCUT2D eigenvalue weighted by molar-refractivity contribution is 9.10. The highest BCUT2D eigenvalue weighted by Crippen LogP contribution is 2.16. The number of nitrogens with zero attached hydrogens (tertiary/aromatic N) is 1. The Morgan fingerprint density at radius 3 is 2.72 bits per heavy atom. The third-order valence-electron chi connectivity index (χ3n) is 2.87. The number of rotatable bonds is 7. The standard InChI is InChI=1S/C14H20BrNO2/c1-11(9-14(17)18)10-16(2)8-7-12-5-3-4-6-13(12)15/h3-6,11H,7-10H2,1-2H3,(H,17,18). The summed E-state index contributed by atoms with van der Waals surface area (Å²) in [5.74, 6) is -0.534. The Balaban J connectivity index is 2.35. The summed E-state index contributed by atoms with van der Waals surface area (Å²) in [6, 6.07) is 8.19. The van der Waals surface area contributed by atoms with Gasteiger partial charge in [-0.1, -0.05) is 41.1 Å². The van der Waals surface area contributed by atoms with Crippen LogP contribution >= 0.6 is 15.9 Å². The minimum absolute atomic E-state index is 0.187. The fraction of sp³-hybridized carbons (Fsp3) is 0.500. The van der Waals surface area contributed by atoms with Crippen molar-refractivity contribution in [3.63, 3.8) is 0 Å². The lowest BCUT2D eigenvalue weighted by molar-refractivity contribution is -0.138. The molecule has 0 bridgehead atoms. The van der Waals surface area contributed by atoms with Crippen molar-refractivity contribution in [2.75, 3.05) is 20.1 Å². The van der Waals surface area contributed by atoms with Gasteiger partial charge in [0.2, 0.25) is 0 Å². The number of benzene rings is 1. The van der Waals surface area contributed by atoms with Crippen LogP contribution in [0.2, 0.25) is 0 Å². The van der Waals surface area contributed by atoms with Gasteiger partial charge in [-0.2, -0.15) is 0 Å². The van der Waals surface area contributed by atoms with E-state index in [1.807, 2.05) is 32.2 Å². The smallest absolute Gasteiger partial charge is 0.303 e. The van der Waals surface area contributed by atoms with Gasteiger partial charge in [-0.05, 0) is 31.0 Å². The highest BCUT2D eigenvalue weighted by atomic mass is 79.9. The summed E-state index contributed by atoms with van der Waals surface area (Å²) in [6.07, 6.45) is 1.21. The molecule has 0 saturated heterocycles. The second kappa shape index (κ2) is 7.54. The van der Waals surface area contributed by atoms with Crippen molar-refractivity contribution in [1.29, 1.82) is 0 Å². The van der Waals surface area contributed by atoms with Crippen molar-refractivity contribution in [2.45, 2.75) is 19.8 Å². The molecule has 0 amide bonds. The van der Waals surface area contributed by atoms with Gasteiger partial charge in [-0.3, -0.25) is 4.79 Å². The van der Waals surface area contributed by atoms with Crippen LogP contribution in [-0.2, 0) is 11.2 Å². The van der Waals surface area contributed by atoms with Gasteiger partial charge in [0.1, 0.15) is 0 Å². The molecule has 100 valence electrons. The molecule has 0 saturated carbocycles. The lowest BCUT2D eigenvalue weighted by Gasteiger charge is -2.20. The first-order chi connectivity index (χ1) is 8.49. The molecule has 0 aliphatic carbocycles. The molecule has 0 radical (unpaired) electrons. The van der Waals surface area contributed by atoms with Gasteiger partial charge in [0.05, 0.1) is 0 Å².